The quantitative estimate of drug-likeness (QED) is 0.164. The van der Waals surface area contributed by atoms with Gasteiger partial charge in [0.05, 0.1) is 39.6 Å². The molecule has 1 amide bonds. The first-order valence-corrected chi connectivity index (χ1v) is 13.5. The van der Waals surface area contributed by atoms with Crippen molar-refractivity contribution in [2.45, 2.75) is 43.1 Å². The lowest BCUT2D eigenvalue weighted by Crippen LogP contribution is -2.51. The van der Waals surface area contributed by atoms with Gasteiger partial charge in [0.1, 0.15) is 18.1 Å². The Morgan fingerprint density at radius 3 is 2.67 bits per heavy atom. The molecule has 2 aromatic carbocycles. The molecule has 1 saturated carbocycles. The van der Waals surface area contributed by atoms with Gasteiger partial charge in [-0.2, -0.15) is 13.2 Å². The second-order valence-corrected chi connectivity index (χ2v) is 11.3. The van der Waals surface area contributed by atoms with Gasteiger partial charge in [-0.05, 0) is 44.0 Å². The van der Waals surface area contributed by atoms with E-state index in [1.165, 1.54) is 37.4 Å². The van der Waals surface area contributed by atoms with Gasteiger partial charge < -0.3 is 26.6 Å². The van der Waals surface area contributed by atoms with Gasteiger partial charge in [0, 0.05) is 28.5 Å². The molecule has 2 aliphatic rings. The minimum absolute atomic E-state index is 0.00159. The Morgan fingerprint density at radius 2 is 2.00 bits per heavy atom. The number of nitrogens with zero attached hydrogens (tertiary/aromatic N) is 2. The SMILES string of the molecule is C[C@]1(N)COc2c1cc([C@@](O)(CNC(=O)c1cc(Cl)c(N)c(C=NC3CC3)c1)C(F)(F)F)nc2-c1cccc(F)c1Cl. The van der Waals surface area contributed by atoms with Crippen LogP contribution in [0, 0.1) is 5.82 Å². The summed E-state index contributed by atoms with van der Waals surface area (Å²) in [5.74, 6) is -1.81. The van der Waals surface area contributed by atoms with Crippen molar-refractivity contribution in [2.24, 2.45) is 10.7 Å². The highest BCUT2D eigenvalue weighted by Crippen LogP contribution is 2.47. The summed E-state index contributed by atoms with van der Waals surface area (Å²) < 4.78 is 63.7. The van der Waals surface area contributed by atoms with Crippen LogP contribution in [0.2, 0.25) is 10.0 Å². The molecule has 42 heavy (non-hydrogen) atoms. The molecule has 3 aromatic rings. The Kier molecular flexibility index (Phi) is 7.63. The van der Waals surface area contributed by atoms with E-state index >= 15 is 0 Å². The van der Waals surface area contributed by atoms with Gasteiger partial charge in [-0.25, -0.2) is 9.37 Å². The van der Waals surface area contributed by atoms with Crippen molar-refractivity contribution in [3.63, 3.8) is 0 Å². The van der Waals surface area contributed by atoms with Crippen LogP contribution in [0.5, 0.6) is 5.75 Å². The third kappa shape index (κ3) is 5.51. The lowest BCUT2D eigenvalue weighted by atomic mass is 9.89. The Morgan fingerprint density at radius 1 is 1.29 bits per heavy atom. The molecule has 222 valence electrons. The number of benzene rings is 2. The van der Waals surface area contributed by atoms with Crippen LogP contribution in [0.1, 0.15) is 46.9 Å². The zero-order valence-corrected chi connectivity index (χ0v) is 23.5. The molecule has 0 saturated heterocycles. The predicted molar refractivity (Wildman–Crippen MR) is 150 cm³/mol. The number of ether oxygens (including phenoxy) is 1. The van der Waals surface area contributed by atoms with E-state index in [-0.39, 0.29) is 51.5 Å². The molecule has 0 unspecified atom stereocenters. The second kappa shape index (κ2) is 10.7. The van der Waals surface area contributed by atoms with Crippen LogP contribution in [0.25, 0.3) is 11.3 Å². The maximum absolute atomic E-state index is 14.6. The number of alkyl halides is 3. The average molecular weight is 626 g/mol. The molecule has 1 aliphatic carbocycles. The predicted octanol–water partition coefficient (Wildman–Crippen LogP) is 5.10. The fraction of sp³-hybridized carbons (Fsp3) is 0.321. The van der Waals surface area contributed by atoms with Crippen LogP contribution in [-0.4, -0.2) is 47.6 Å². The van der Waals surface area contributed by atoms with E-state index in [1.54, 1.807) is 0 Å². The van der Waals surface area contributed by atoms with Gasteiger partial charge in [-0.1, -0.05) is 35.3 Å². The largest absolute Gasteiger partial charge is 0.489 e. The minimum atomic E-state index is -5.34. The summed E-state index contributed by atoms with van der Waals surface area (Å²) in [7, 11) is 0. The van der Waals surface area contributed by atoms with E-state index in [0.717, 1.165) is 25.0 Å². The molecule has 2 atom stereocenters. The zero-order chi connectivity index (χ0) is 30.6. The van der Waals surface area contributed by atoms with Crippen molar-refractivity contribution in [2.75, 3.05) is 18.9 Å². The highest BCUT2D eigenvalue weighted by Gasteiger charge is 2.57. The number of amides is 1. The topological polar surface area (TPSA) is 136 Å². The van der Waals surface area contributed by atoms with Gasteiger partial charge in [0.25, 0.3) is 5.91 Å². The zero-order valence-electron chi connectivity index (χ0n) is 22.0. The van der Waals surface area contributed by atoms with Gasteiger partial charge in [-0.15, -0.1) is 0 Å². The second-order valence-electron chi connectivity index (χ2n) is 10.6. The number of hydrogen-bond acceptors (Lipinski definition) is 7. The lowest BCUT2D eigenvalue weighted by molar-refractivity contribution is -0.265. The molecule has 0 radical (unpaired) electrons. The van der Waals surface area contributed by atoms with Crippen LogP contribution in [-0.2, 0) is 11.1 Å². The summed E-state index contributed by atoms with van der Waals surface area (Å²) in [6.45, 7) is 0.0505. The molecule has 2 heterocycles. The number of anilines is 1. The first-order valence-electron chi connectivity index (χ1n) is 12.7. The molecule has 5 rings (SSSR count). The molecule has 8 nitrogen and oxygen atoms in total. The molecular formula is C28H25Cl2F4N5O3. The third-order valence-electron chi connectivity index (χ3n) is 7.10. The Balaban J connectivity index is 1.54. The maximum Gasteiger partial charge on any atom is 0.424 e. The van der Waals surface area contributed by atoms with Crippen molar-refractivity contribution >= 4 is 41.0 Å². The Hall–Kier alpha value is -3.45. The summed E-state index contributed by atoms with van der Waals surface area (Å²) in [4.78, 5) is 21.4. The summed E-state index contributed by atoms with van der Waals surface area (Å²) in [5, 5.41) is 12.9. The summed E-state index contributed by atoms with van der Waals surface area (Å²) in [6.07, 6.45) is -2.05. The number of aliphatic hydroxyl groups is 1. The number of aliphatic imine (C=N–C) groups is 1. The Bertz CT molecular complexity index is 1610. The fourth-order valence-electron chi connectivity index (χ4n) is 4.42. The van der Waals surface area contributed by atoms with Gasteiger partial charge in [0.15, 0.2) is 5.75 Å². The first kappa shape index (κ1) is 30.0. The lowest BCUT2D eigenvalue weighted by Gasteiger charge is -2.31. The highest BCUT2D eigenvalue weighted by molar-refractivity contribution is 6.34. The normalized spacial score (nSPS) is 19.8. The Labute approximate surface area is 247 Å². The number of nitrogen functional groups attached to an aromatic ring is 1. The number of carbonyl (C=O) groups excluding carboxylic acids is 1. The van der Waals surface area contributed by atoms with Crippen LogP contribution >= 0.6 is 23.2 Å². The van der Waals surface area contributed by atoms with Gasteiger partial charge in [0.2, 0.25) is 5.60 Å². The molecule has 1 fully saturated rings. The molecule has 1 aromatic heterocycles. The number of aromatic nitrogens is 1. The monoisotopic (exact) mass is 625 g/mol. The van der Waals surface area contributed by atoms with Gasteiger partial charge in [-0.3, -0.25) is 9.79 Å². The maximum atomic E-state index is 14.6. The van der Waals surface area contributed by atoms with Crippen LogP contribution in [0.3, 0.4) is 0 Å². The molecule has 6 N–H and O–H groups in total. The third-order valence-corrected chi connectivity index (χ3v) is 7.80. The number of rotatable bonds is 7. The number of fused-ring (bicyclic) bond motifs is 1. The van der Waals surface area contributed by atoms with Crippen LogP contribution in [0.15, 0.2) is 41.4 Å². The minimum Gasteiger partial charge on any atom is -0.489 e. The smallest absolute Gasteiger partial charge is 0.424 e. The summed E-state index contributed by atoms with van der Waals surface area (Å²) >= 11 is 12.3. The molecular weight excluding hydrogens is 601 g/mol. The number of hydrogen-bond donors (Lipinski definition) is 4. The van der Waals surface area contributed by atoms with E-state index in [0.29, 0.717) is 5.56 Å². The molecule has 1 aliphatic heterocycles. The number of nitrogens with two attached hydrogens (primary N) is 2. The van der Waals surface area contributed by atoms with Crippen molar-refractivity contribution in [1.29, 1.82) is 0 Å². The highest BCUT2D eigenvalue weighted by atomic mass is 35.5. The van der Waals surface area contributed by atoms with Gasteiger partial charge >= 0.3 is 6.18 Å². The van der Waals surface area contributed by atoms with Crippen LogP contribution in [0.4, 0.5) is 23.2 Å². The van der Waals surface area contributed by atoms with Crippen molar-refractivity contribution < 1.29 is 32.2 Å². The van der Waals surface area contributed by atoms with Crippen molar-refractivity contribution in [1.82, 2.24) is 10.3 Å². The average Bonchev–Trinajstić information content (AvgIpc) is 3.71. The van der Waals surface area contributed by atoms with Crippen molar-refractivity contribution in [3.8, 4) is 17.0 Å². The van der Waals surface area contributed by atoms with E-state index in [4.69, 9.17) is 39.4 Å². The standard InChI is InChI=1S/C28H25Cl2F4N5O3/c1-26(36)12-42-24-17(26)9-20(39-23(24)16-3-2-4-19(31)21(16)30)27(41,28(32,33)34)11-38-25(40)13-7-14(10-37-15-5-6-15)22(35)18(29)8-13/h2-4,7-10,15,41H,5-6,11-12,35-36H2,1H3,(H,38,40)/t26-,27-/m0/s1. The molecule has 0 spiro atoms. The number of pyridine rings is 1. The summed E-state index contributed by atoms with van der Waals surface area (Å²) in [5.41, 5.74) is 6.51. The van der Waals surface area contributed by atoms with E-state index < -0.39 is 46.3 Å². The number of halogens is 6. The van der Waals surface area contributed by atoms with Crippen molar-refractivity contribution in [3.05, 3.63) is 74.6 Å². The summed E-state index contributed by atoms with van der Waals surface area (Å²) in [6, 6.07) is 7.35. The van der Waals surface area contributed by atoms with E-state index in [9.17, 15) is 27.5 Å². The molecule has 0 bridgehead atoms. The van der Waals surface area contributed by atoms with Crippen LogP contribution < -0.4 is 21.5 Å². The number of nitrogens with one attached hydrogen (secondary N) is 1. The van der Waals surface area contributed by atoms with E-state index in [1.807, 2.05) is 0 Å². The fourth-order valence-corrected chi connectivity index (χ4v) is 4.86. The first-order chi connectivity index (χ1) is 19.6. The van der Waals surface area contributed by atoms with E-state index in [2.05, 4.69) is 15.3 Å². The number of carbonyl (C=O) groups is 1. The molecule has 14 heteroatoms.